The van der Waals surface area contributed by atoms with Gasteiger partial charge in [0.05, 0.1) is 0 Å². The molecule has 0 amide bonds. The van der Waals surface area contributed by atoms with Gasteiger partial charge in [-0.15, -0.1) is 0 Å². The summed E-state index contributed by atoms with van der Waals surface area (Å²) in [6.45, 7) is 0. The molecule has 0 aliphatic carbocycles. The quantitative estimate of drug-likeness (QED) is 0.0998. The summed E-state index contributed by atoms with van der Waals surface area (Å²) in [4.78, 5) is 0. The van der Waals surface area contributed by atoms with E-state index >= 15 is 0 Å². The van der Waals surface area contributed by atoms with Gasteiger partial charge < -0.3 is 0 Å². The Morgan fingerprint density at radius 2 is 0.271 bits per heavy atom. The minimum atomic E-state index is 1.23. The van der Waals surface area contributed by atoms with Gasteiger partial charge in [-0.3, -0.25) is 0 Å². The van der Waals surface area contributed by atoms with Crippen LogP contribution in [0.2, 0.25) is 0 Å². The highest BCUT2D eigenvalue weighted by Crippen LogP contribution is 2.54. The first-order chi connectivity index (χ1) is 69.5. The fraction of sp³-hybridized carbons (Fsp3) is 0. The lowest BCUT2D eigenvalue weighted by Crippen LogP contribution is -1.93. The van der Waals surface area contributed by atoms with Crippen LogP contribution in [-0.4, -0.2) is 0 Å². The molecule has 29 rings (SSSR count). The fourth-order valence-corrected chi connectivity index (χ4v) is 23.6. The zero-order valence-electron chi connectivity index (χ0n) is 76.8. The molecule has 0 atom stereocenters. The van der Waals surface area contributed by atoms with Crippen LogP contribution in [0.15, 0.2) is 534 Å². The highest BCUT2D eigenvalue weighted by molar-refractivity contribution is 6.30. The van der Waals surface area contributed by atoms with Crippen LogP contribution >= 0.6 is 0 Å². The SMILES string of the molecule is c1ccc2c(-c3c4ccccc4c(-c4ccc(-c5cc6ccccc6c6ccccc56)c5ccccc45)c4ccccc34)cccc2c1.c1ccc2c(-c3c4ccccc4c(-c4ccc(-c5cc6ccccc6c6ccccc56)cc4)c4ccccc34)cccc2c1.c1ccc2cc(-c3c4ccccc4c(-c4ccc(-c5cc6ccccc6c6ccccc56)c5ccccc45)c4ccccc34)ccc2c1. The van der Waals surface area contributed by atoms with Gasteiger partial charge in [0, 0.05) is 0 Å². The lowest BCUT2D eigenvalue weighted by molar-refractivity contribution is 1.64. The number of fused-ring (bicyclic) bond motifs is 20. The average Bonchev–Trinajstić information content (AvgIpc) is 0.716. The summed E-state index contributed by atoms with van der Waals surface area (Å²) >= 11 is 0. The molecule has 0 heteroatoms. The Hall–Kier alpha value is -18.2. The number of hydrogen-bond donors (Lipinski definition) is 0. The molecular formula is C140H88. The van der Waals surface area contributed by atoms with Crippen LogP contribution in [0.3, 0.4) is 0 Å². The second-order valence-corrected chi connectivity index (χ2v) is 37.2. The van der Waals surface area contributed by atoms with Gasteiger partial charge in [-0.2, -0.15) is 0 Å². The van der Waals surface area contributed by atoms with Crippen molar-refractivity contribution in [3.63, 3.8) is 0 Å². The molecule has 0 aromatic heterocycles. The maximum absolute atomic E-state index is 2.38. The molecule has 0 saturated heterocycles. The fourth-order valence-electron chi connectivity index (χ4n) is 23.6. The first-order valence-electron chi connectivity index (χ1n) is 48.7. The minimum absolute atomic E-state index is 1.23. The van der Waals surface area contributed by atoms with E-state index in [1.165, 1.54) is 283 Å². The molecule has 0 radical (unpaired) electrons. The smallest absolute Gasteiger partial charge is 0.00201 e. The zero-order chi connectivity index (χ0) is 92.2. The predicted octanol–water partition coefficient (Wildman–Crippen LogP) is 39.7. The summed E-state index contributed by atoms with van der Waals surface area (Å²) in [7, 11) is 0. The molecule has 140 heavy (non-hydrogen) atoms. The lowest BCUT2D eigenvalue weighted by Gasteiger charge is -2.20. The van der Waals surface area contributed by atoms with E-state index in [0.717, 1.165) is 0 Å². The third-order valence-electron chi connectivity index (χ3n) is 29.7. The Morgan fingerprint density at radius 3 is 0.607 bits per heavy atom. The van der Waals surface area contributed by atoms with Crippen molar-refractivity contribution in [3.05, 3.63) is 534 Å². The molecule has 0 unspecified atom stereocenters. The van der Waals surface area contributed by atoms with Crippen LogP contribution in [0.5, 0.6) is 0 Å². The Balaban J connectivity index is 0.000000106. The zero-order valence-corrected chi connectivity index (χ0v) is 76.8. The molecule has 0 saturated carbocycles. The van der Waals surface area contributed by atoms with Crippen molar-refractivity contribution in [1.29, 1.82) is 0 Å². The highest BCUT2D eigenvalue weighted by atomic mass is 14.3. The third-order valence-corrected chi connectivity index (χ3v) is 29.7. The normalized spacial score (nSPS) is 11.7. The van der Waals surface area contributed by atoms with Crippen molar-refractivity contribution >= 4 is 183 Å². The molecule has 0 N–H and O–H groups in total. The van der Waals surface area contributed by atoms with E-state index in [0.29, 0.717) is 0 Å². The van der Waals surface area contributed by atoms with Gasteiger partial charge in [-0.05, 0) is 308 Å². The van der Waals surface area contributed by atoms with Crippen molar-refractivity contribution < 1.29 is 0 Å². The summed E-state index contributed by atoms with van der Waals surface area (Å²) in [5.74, 6) is 0. The van der Waals surface area contributed by atoms with E-state index in [4.69, 9.17) is 0 Å². The summed E-state index contributed by atoms with van der Waals surface area (Å²) in [5, 5.41) is 43.4. The van der Waals surface area contributed by atoms with E-state index in [2.05, 4.69) is 534 Å². The van der Waals surface area contributed by atoms with Gasteiger partial charge in [0.15, 0.2) is 0 Å². The van der Waals surface area contributed by atoms with E-state index in [-0.39, 0.29) is 0 Å². The molecule has 29 aromatic carbocycles. The van der Waals surface area contributed by atoms with Gasteiger partial charge in [-0.1, -0.05) is 510 Å². The lowest BCUT2D eigenvalue weighted by atomic mass is 9.82. The van der Waals surface area contributed by atoms with Gasteiger partial charge in [-0.25, -0.2) is 0 Å². The predicted molar refractivity (Wildman–Crippen MR) is 606 cm³/mol. The number of benzene rings is 29. The summed E-state index contributed by atoms with van der Waals surface area (Å²) < 4.78 is 0. The van der Waals surface area contributed by atoms with Crippen LogP contribution in [0.1, 0.15) is 0 Å². The molecule has 0 aliphatic heterocycles. The molecule has 0 nitrogen and oxygen atoms in total. The second-order valence-electron chi connectivity index (χ2n) is 37.2. The monoisotopic (exact) mass is 1770 g/mol. The van der Waals surface area contributed by atoms with Crippen LogP contribution in [0.25, 0.3) is 283 Å². The first kappa shape index (κ1) is 81.4. The van der Waals surface area contributed by atoms with Crippen LogP contribution in [0, 0.1) is 0 Å². The van der Waals surface area contributed by atoms with E-state index in [1.54, 1.807) is 0 Å². The molecule has 0 fully saturated rings. The van der Waals surface area contributed by atoms with Crippen molar-refractivity contribution in [2.24, 2.45) is 0 Å². The molecule has 0 heterocycles. The van der Waals surface area contributed by atoms with E-state index in [1.807, 2.05) is 0 Å². The van der Waals surface area contributed by atoms with Gasteiger partial charge >= 0.3 is 0 Å². The van der Waals surface area contributed by atoms with E-state index in [9.17, 15) is 0 Å². The van der Waals surface area contributed by atoms with Crippen molar-refractivity contribution in [3.8, 4) is 100 Å². The Labute approximate surface area is 811 Å². The molecule has 0 aliphatic rings. The number of hydrogen-bond acceptors (Lipinski definition) is 0. The van der Waals surface area contributed by atoms with E-state index < -0.39 is 0 Å². The molecule has 0 bridgehead atoms. The first-order valence-corrected chi connectivity index (χ1v) is 48.7. The Morgan fingerprint density at radius 1 is 0.0714 bits per heavy atom. The van der Waals surface area contributed by atoms with Crippen LogP contribution < -0.4 is 0 Å². The minimum Gasteiger partial charge on any atom is -0.0616 e. The Bertz CT molecular complexity index is 9970. The second kappa shape index (κ2) is 34.0. The summed E-state index contributed by atoms with van der Waals surface area (Å²) in [6, 6.07) is 196. The average molecular weight is 1770 g/mol. The largest absolute Gasteiger partial charge is 0.0616 e. The Kier molecular flexibility index (Phi) is 19.8. The summed E-state index contributed by atoms with van der Waals surface area (Å²) in [5.41, 5.74) is 22.9. The summed E-state index contributed by atoms with van der Waals surface area (Å²) in [6.07, 6.45) is 0. The van der Waals surface area contributed by atoms with Gasteiger partial charge in [0.25, 0.3) is 0 Å². The maximum atomic E-state index is 2.38. The van der Waals surface area contributed by atoms with Crippen molar-refractivity contribution in [2.45, 2.75) is 0 Å². The van der Waals surface area contributed by atoms with Crippen molar-refractivity contribution in [1.82, 2.24) is 0 Å². The molecular weight excluding hydrogens is 1680 g/mol. The number of rotatable bonds is 9. The van der Waals surface area contributed by atoms with Gasteiger partial charge in [0.2, 0.25) is 0 Å². The molecule has 648 valence electrons. The highest BCUT2D eigenvalue weighted by Gasteiger charge is 2.26. The third kappa shape index (κ3) is 13.5. The van der Waals surface area contributed by atoms with Crippen molar-refractivity contribution in [2.75, 3.05) is 0 Å². The van der Waals surface area contributed by atoms with Crippen LogP contribution in [0.4, 0.5) is 0 Å². The molecule has 0 spiro atoms. The maximum Gasteiger partial charge on any atom is -0.00201 e. The van der Waals surface area contributed by atoms with Gasteiger partial charge in [0.1, 0.15) is 0 Å². The standard InChI is InChI=1S/2C48H30.C44H28/c1-3-17-33-31(14-1)16-13-27-40(33)47-41-23-9-11-25-43(41)48(44-26-12-10-24-42(44)47)45-29-28-39(36-20-6-7-21-37(36)45)46-30-32-15-2-4-18-34(32)35-19-5-8-22-38(35)46;1-2-14-32-29-34(26-25-31(32)13-1)47-41-21-9-11-23-43(41)48(44-24-12-10-22-42(44)47)45-28-27-40(37-18-6-7-19-38(37)45)46-30-33-15-3-4-16-35(33)36-17-5-8-20-39(36)46;1-3-15-33-29(12-1)14-11-23-37(33)44-40-21-9-7-19-38(40)43(39-20-8-10-22-41(39)44)31-26-24-30(25-27-31)42-28-32-13-2-4-16-34(32)35-17-5-6-18-36(35)42/h2*1-30H;1-28H. The van der Waals surface area contributed by atoms with Crippen LogP contribution in [-0.2, 0) is 0 Å². The topological polar surface area (TPSA) is 0 Å². The molecule has 29 aromatic rings.